The standard InChI is InChI=1S/C22H23BrFN5O2/c1-13(19-10-20(31-3)18(24)11-27-19)29-6-4-15-16(21(29)30)8-14(9-17(15)23)12-28-7-5-26-22(28)25-2/h5,7-11,13H,4,6,12H2,1-3H3,(H,25,26). The summed E-state index contributed by atoms with van der Waals surface area (Å²) in [7, 11) is 3.23. The molecule has 1 unspecified atom stereocenters. The Bertz CT molecular complexity index is 1130. The minimum absolute atomic E-state index is 0.0686. The number of carbonyl (C=O) groups excluding carboxylic acids is 1. The number of rotatable bonds is 6. The molecule has 0 bridgehead atoms. The number of hydrogen-bond acceptors (Lipinski definition) is 5. The van der Waals surface area contributed by atoms with Crippen molar-refractivity contribution in [2.24, 2.45) is 0 Å². The zero-order valence-corrected chi connectivity index (χ0v) is 19.1. The summed E-state index contributed by atoms with van der Waals surface area (Å²) in [6.45, 7) is 3.03. The second-order valence-electron chi connectivity index (χ2n) is 7.40. The molecule has 1 aliphatic heterocycles. The van der Waals surface area contributed by atoms with Crippen molar-refractivity contribution in [3.8, 4) is 5.75 Å². The van der Waals surface area contributed by atoms with Gasteiger partial charge < -0.3 is 19.5 Å². The molecule has 4 rings (SSSR count). The van der Waals surface area contributed by atoms with Crippen molar-refractivity contribution in [1.29, 1.82) is 0 Å². The Hall–Kier alpha value is -2.94. The first-order valence-electron chi connectivity index (χ1n) is 9.93. The smallest absolute Gasteiger partial charge is 0.254 e. The SMILES string of the molecule is CNc1nccn1Cc1cc(Br)c2c(c1)C(=O)N(C(C)c1cc(OC)c(F)cn1)CC2. The van der Waals surface area contributed by atoms with E-state index in [0.29, 0.717) is 24.3 Å². The first-order valence-corrected chi connectivity index (χ1v) is 10.7. The Morgan fingerprint density at radius 3 is 2.87 bits per heavy atom. The lowest BCUT2D eigenvalue weighted by Gasteiger charge is -2.34. The lowest BCUT2D eigenvalue weighted by atomic mass is 9.95. The highest BCUT2D eigenvalue weighted by molar-refractivity contribution is 9.10. The predicted molar refractivity (Wildman–Crippen MR) is 119 cm³/mol. The predicted octanol–water partition coefficient (Wildman–Crippen LogP) is 4.04. The average Bonchev–Trinajstić information content (AvgIpc) is 3.21. The van der Waals surface area contributed by atoms with E-state index in [2.05, 4.69) is 37.3 Å². The molecule has 0 radical (unpaired) electrons. The Morgan fingerprint density at radius 1 is 1.32 bits per heavy atom. The van der Waals surface area contributed by atoms with Crippen LogP contribution in [0.1, 0.15) is 40.1 Å². The minimum atomic E-state index is -0.525. The first kappa shape index (κ1) is 21.3. The fraction of sp³-hybridized carbons (Fsp3) is 0.318. The van der Waals surface area contributed by atoms with Gasteiger partial charge in [0.2, 0.25) is 5.95 Å². The van der Waals surface area contributed by atoms with E-state index in [9.17, 15) is 9.18 Å². The van der Waals surface area contributed by atoms with Crippen LogP contribution in [0.25, 0.3) is 0 Å². The number of fused-ring (bicyclic) bond motifs is 1. The number of carbonyl (C=O) groups is 1. The van der Waals surface area contributed by atoms with Gasteiger partial charge in [-0.3, -0.25) is 9.78 Å². The summed E-state index contributed by atoms with van der Waals surface area (Å²) in [4.78, 5) is 23.6. The summed E-state index contributed by atoms with van der Waals surface area (Å²) >= 11 is 3.65. The molecule has 0 fully saturated rings. The molecule has 31 heavy (non-hydrogen) atoms. The number of hydrogen-bond donors (Lipinski definition) is 1. The summed E-state index contributed by atoms with van der Waals surface area (Å²) < 4.78 is 21.7. The van der Waals surface area contributed by atoms with Crippen LogP contribution >= 0.6 is 15.9 Å². The van der Waals surface area contributed by atoms with Crippen LogP contribution in [-0.4, -0.2) is 46.0 Å². The molecule has 0 spiro atoms. The Balaban J connectivity index is 1.64. The lowest BCUT2D eigenvalue weighted by molar-refractivity contribution is 0.0668. The van der Waals surface area contributed by atoms with Crippen LogP contribution < -0.4 is 10.1 Å². The molecule has 0 saturated heterocycles. The quantitative estimate of drug-likeness (QED) is 0.567. The number of amides is 1. The van der Waals surface area contributed by atoms with Crippen molar-refractivity contribution in [2.75, 3.05) is 26.0 Å². The van der Waals surface area contributed by atoms with Crippen LogP contribution in [0.2, 0.25) is 0 Å². The van der Waals surface area contributed by atoms with E-state index >= 15 is 0 Å². The fourth-order valence-electron chi connectivity index (χ4n) is 3.93. The van der Waals surface area contributed by atoms with E-state index in [1.807, 2.05) is 30.8 Å². The van der Waals surface area contributed by atoms with Gasteiger partial charge in [0.05, 0.1) is 31.6 Å². The Morgan fingerprint density at radius 2 is 2.13 bits per heavy atom. The van der Waals surface area contributed by atoms with Gasteiger partial charge in [-0.15, -0.1) is 0 Å². The van der Waals surface area contributed by atoms with E-state index in [4.69, 9.17) is 4.74 Å². The van der Waals surface area contributed by atoms with E-state index < -0.39 is 5.82 Å². The Labute approximate surface area is 188 Å². The zero-order valence-electron chi connectivity index (χ0n) is 17.5. The summed E-state index contributed by atoms with van der Waals surface area (Å²) in [5, 5.41) is 3.06. The molecule has 3 heterocycles. The molecule has 9 heteroatoms. The maximum absolute atomic E-state index is 13.8. The third-order valence-corrected chi connectivity index (χ3v) is 6.31. The molecule has 1 atom stereocenters. The number of imidazole rings is 1. The van der Waals surface area contributed by atoms with Crippen LogP contribution in [0.3, 0.4) is 0 Å². The topological polar surface area (TPSA) is 72.3 Å². The number of pyridine rings is 1. The van der Waals surface area contributed by atoms with E-state index in [1.54, 1.807) is 17.2 Å². The number of benzene rings is 1. The molecule has 1 N–H and O–H groups in total. The van der Waals surface area contributed by atoms with Crippen LogP contribution in [0.4, 0.5) is 10.3 Å². The summed E-state index contributed by atoms with van der Waals surface area (Å²) in [5.41, 5.74) is 3.25. The molecule has 162 valence electrons. The maximum atomic E-state index is 13.8. The monoisotopic (exact) mass is 487 g/mol. The summed E-state index contributed by atoms with van der Waals surface area (Å²) in [5.74, 6) is 0.280. The van der Waals surface area contributed by atoms with Gasteiger partial charge >= 0.3 is 0 Å². The van der Waals surface area contributed by atoms with Crippen molar-refractivity contribution in [1.82, 2.24) is 19.4 Å². The molecule has 1 aliphatic rings. The number of ether oxygens (including phenoxy) is 1. The summed E-state index contributed by atoms with van der Waals surface area (Å²) in [6.07, 6.45) is 5.48. The van der Waals surface area contributed by atoms with Gasteiger partial charge in [0, 0.05) is 42.1 Å². The van der Waals surface area contributed by atoms with Gasteiger partial charge in [0.15, 0.2) is 11.6 Å². The number of nitrogens with one attached hydrogen (secondary N) is 1. The van der Waals surface area contributed by atoms with Crippen LogP contribution in [0.15, 0.2) is 41.3 Å². The maximum Gasteiger partial charge on any atom is 0.254 e. The molecular weight excluding hydrogens is 465 g/mol. The number of nitrogens with zero attached hydrogens (tertiary/aromatic N) is 4. The van der Waals surface area contributed by atoms with Crippen LogP contribution in [0.5, 0.6) is 5.75 Å². The van der Waals surface area contributed by atoms with Gasteiger partial charge in [-0.05, 0) is 36.6 Å². The van der Waals surface area contributed by atoms with Gasteiger partial charge in [0.1, 0.15) is 0 Å². The molecule has 3 aromatic rings. The molecule has 1 amide bonds. The number of methoxy groups -OCH3 is 1. The molecular formula is C22H23BrFN5O2. The average molecular weight is 488 g/mol. The van der Waals surface area contributed by atoms with Crippen molar-refractivity contribution in [3.63, 3.8) is 0 Å². The highest BCUT2D eigenvalue weighted by atomic mass is 79.9. The largest absolute Gasteiger partial charge is 0.494 e. The molecule has 0 saturated carbocycles. The first-order chi connectivity index (χ1) is 14.9. The van der Waals surface area contributed by atoms with E-state index in [1.165, 1.54) is 7.11 Å². The van der Waals surface area contributed by atoms with Gasteiger partial charge in [0.25, 0.3) is 5.91 Å². The van der Waals surface area contributed by atoms with Gasteiger partial charge in [-0.2, -0.15) is 0 Å². The minimum Gasteiger partial charge on any atom is -0.494 e. The normalized spacial score (nSPS) is 14.4. The second kappa shape index (κ2) is 8.66. The van der Waals surface area contributed by atoms with Crippen LogP contribution in [0, 0.1) is 5.82 Å². The van der Waals surface area contributed by atoms with E-state index in [0.717, 1.165) is 34.2 Å². The van der Waals surface area contributed by atoms with E-state index in [-0.39, 0.29) is 17.7 Å². The Kier molecular flexibility index (Phi) is 5.95. The molecule has 7 nitrogen and oxygen atoms in total. The number of aromatic nitrogens is 3. The van der Waals surface area contributed by atoms with Crippen molar-refractivity contribution in [3.05, 3.63) is 69.5 Å². The van der Waals surface area contributed by atoms with Crippen molar-refractivity contribution < 1.29 is 13.9 Å². The van der Waals surface area contributed by atoms with Crippen molar-refractivity contribution in [2.45, 2.75) is 25.9 Å². The lowest BCUT2D eigenvalue weighted by Crippen LogP contribution is -2.40. The number of halogens is 2. The summed E-state index contributed by atoms with van der Waals surface area (Å²) in [6, 6.07) is 5.23. The van der Waals surface area contributed by atoms with Crippen LogP contribution in [-0.2, 0) is 13.0 Å². The third-order valence-electron chi connectivity index (χ3n) is 5.60. The molecule has 2 aromatic heterocycles. The fourth-order valence-corrected chi connectivity index (χ4v) is 4.63. The van der Waals surface area contributed by atoms with Crippen molar-refractivity contribution >= 4 is 27.8 Å². The van der Waals surface area contributed by atoms with Gasteiger partial charge in [-0.1, -0.05) is 15.9 Å². The highest BCUT2D eigenvalue weighted by Gasteiger charge is 2.31. The highest BCUT2D eigenvalue weighted by Crippen LogP contribution is 2.33. The third kappa shape index (κ3) is 4.01. The molecule has 1 aromatic carbocycles. The molecule has 0 aliphatic carbocycles. The number of anilines is 1. The van der Waals surface area contributed by atoms with Gasteiger partial charge in [-0.25, -0.2) is 9.37 Å². The second-order valence-corrected chi connectivity index (χ2v) is 8.26. The zero-order chi connectivity index (χ0) is 22.1.